The Kier molecular flexibility index (Phi) is 15.2. The standard InChI is InChI=1S/C43H64O8/c1-39(2,3)48-29-25-44-35-17-13-33(14-18-35)41(7,8)34-15-19-36(20-16-34)46-27-31-50-42(9,10)43(11,12)51-32-28-47-38-23-21-37(22-24-38)45-26-30-49-40(4,5)6/h13-24H,25-32H2,1-12H3. The number of benzene rings is 3. The fourth-order valence-corrected chi connectivity index (χ4v) is 5.01. The van der Waals surface area contributed by atoms with E-state index in [0.29, 0.717) is 52.9 Å². The summed E-state index contributed by atoms with van der Waals surface area (Å²) in [6.45, 7) is 28.6. The molecule has 3 aromatic carbocycles. The van der Waals surface area contributed by atoms with Gasteiger partial charge in [-0.2, -0.15) is 0 Å². The lowest BCUT2D eigenvalue weighted by atomic mass is 9.78. The molecule has 0 fully saturated rings. The van der Waals surface area contributed by atoms with Gasteiger partial charge >= 0.3 is 0 Å². The summed E-state index contributed by atoms with van der Waals surface area (Å²) in [5, 5.41) is 0. The van der Waals surface area contributed by atoms with Crippen molar-refractivity contribution in [3.05, 3.63) is 83.9 Å². The van der Waals surface area contributed by atoms with E-state index in [1.54, 1.807) is 0 Å². The van der Waals surface area contributed by atoms with E-state index in [2.05, 4.69) is 38.1 Å². The minimum Gasteiger partial charge on any atom is -0.491 e. The van der Waals surface area contributed by atoms with Gasteiger partial charge in [0.1, 0.15) is 49.4 Å². The van der Waals surface area contributed by atoms with Crippen molar-refractivity contribution in [1.29, 1.82) is 0 Å². The number of hydrogen-bond acceptors (Lipinski definition) is 8. The molecule has 0 unspecified atom stereocenters. The summed E-state index contributed by atoms with van der Waals surface area (Å²) in [6, 6.07) is 24.2. The summed E-state index contributed by atoms with van der Waals surface area (Å²) in [5.41, 5.74) is 0.779. The highest BCUT2D eigenvalue weighted by Crippen LogP contribution is 2.34. The molecule has 0 heterocycles. The maximum absolute atomic E-state index is 6.26. The van der Waals surface area contributed by atoms with Crippen LogP contribution in [0.1, 0.15) is 94.2 Å². The zero-order valence-electron chi connectivity index (χ0n) is 33.4. The van der Waals surface area contributed by atoms with Crippen LogP contribution in [0.3, 0.4) is 0 Å². The summed E-state index contributed by atoms with van der Waals surface area (Å²) in [7, 11) is 0. The van der Waals surface area contributed by atoms with Gasteiger partial charge in [-0.25, -0.2) is 0 Å². The third-order valence-electron chi connectivity index (χ3n) is 8.83. The minimum atomic E-state index is -0.555. The highest BCUT2D eigenvalue weighted by atomic mass is 16.6. The summed E-state index contributed by atoms with van der Waals surface area (Å²) in [4.78, 5) is 0. The van der Waals surface area contributed by atoms with Crippen LogP contribution < -0.4 is 18.9 Å². The Bertz CT molecular complexity index is 1410. The molecule has 8 nitrogen and oxygen atoms in total. The summed E-state index contributed by atoms with van der Waals surface area (Å²) < 4.78 is 47.5. The smallest absolute Gasteiger partial charge is 0.119 e. The van der Waals surface area contributed by atoms with Crippen molar-refractivity contribution in [2.45, 2.75) is 111 Å². The predicted molar refractivity (Wildman–Crippen MR) is 205 cm³/mol. The maximum atomic E-state index is 6.26. The van der Waals surface area contributed by atoms with E-state index in [1.165, 1.54) is 11.1 Å². The highest BCUT2D eigenvalue weighted by Gasteiger charge is 2.39. The van der Waals surface area contributed by atoms with Crippen molar-refractivity contribution in [3.63, 3.8) is 0 Å². The lowest BCUT2D eigenvalue weighted by Gasteiger charge is -2.41. The van der Waals surface area contributed by atoms with Gasteiger partial charge in [0.05, 0.1) is 48.8 Å². The molecule has 51 heavy (non-hydrogen) atoms. The van der Waals surface area contributed by atoms with Gasteiger partial charge < -0.3 is 37.9 Å². The third kappa shape index (κ3) is 14.7. The molecule has 284 valence electrons. The van der Waals surface area contributed by atoms with Crippen LogP contribution in [-0.2, 0) is 24.4 Å². The molecule has 3 rings (SSSR count). The Morgan fingerprint density at radius 2 is 0.549 bits per heavy atom. The number of ether oxygens (including phenoxy) is 8. The molecule has 0 bridgehead atoms. The van der Waals surface area contributed by atoms with Crippen molar-refractivity contribution < 1.29 is 37.9 Å². The first-order valence-corrected chi connectivity index (χ1v) is 18.2. The van der Waals surface area contributed by atoms with Crippen LogP contribution >= 0.6 is 0 Å². The SMILES string of the molecule is CC(C)(C)OCCOc1ccc(OCCOC(C)(C)C(C)(C)OCCOc2ccc(C(C)(C)c3ccc(OCCOC(C)(C)C)cc3)cc2)cc1. The summed E-state index contributed by atoms with van der Waals surface area (Å²) >= 11 is 0. The fourth-order valence-electron chi connectivity index (χ4n) is 5.01. The van der Waals surface area contributed by atoms with Crippen molar-refractivity contribution >= 4 is 0 Å². The molecule has 8 heteroatoms. The van der Waals surface area contributed by atoms with Gasteiger partial charge in [-0.1, -0.05) is 38.1 Å². The van der Waals surface area contributed by atoms with Crippen molar-refractivity contribution in [2.24, 2.45) is 0 Å². The summed E-state index contributed by atoms with van der Waals surface area (Å²) in [6.07, 6.45) is 0. The Morgan fingerprint density at radius 1 is 0.314 bits per heavy atom. The van der Waals surface area contributed by atoms with Gasteiger partial charge in [0, 0.05) is 5.41 Å². The first-order valence-electron chi connectivity index (χ1n) is 18.2. The average molecular weight is 709 g/mol. The van der Waals surface area contributed by atoms with Crippen LogP contribution in [0.2, 0.25) is 0 Å². The zero-order valence-corrected chi connectivity index (χ0v) is 33.4. The highest BCUT2D eigenvalue weighted by molar-refractivity contribution is 5.42. The molecular weight excluding hydrogens is 644 g/mol. The molecule has 3 aromatic rings. The van der Waals surface area contributed by atoms with Gasteiger partial charge in [-0.3, -0.25) is 0 Å². The molecule has 0 aliphatic rings. The van der Waals surface area contributed by atoms with Crippen LogP contribution in [-0.4, -0.2) is 75.3 Å². The van der Waals surface area contributed by atoms with Crippen LogP contribution in [0.25, 0.3) is 0 Å². The molecule has 0 radical (unpaired) electrons. The quantitative estimate of drug-likeness (QED) is 0.101. The molecule has 0 aliphatic heterocycles. The zero-order chi connectivity index (χ0) is 37.8. The van der Waals surface area contributed by atoms with E-state index in [9.17, 15) is 0 Å². The molecule has 0 atom stereocenters. The molecule has 0 aromatic heterocycles. The van der Waals surface area contributed by atoms with E-state index >= 15 is 0 Å². The maximum Gasteiger partial charge on any atom is 0.119 e. The van der Waals surface area contributed by atoms with E-state index in [0.717, 1.165) is 23.0 Å². The fraction of sp³-hybridized carbons (Fsp3) is 0.581. The van der Waals surface area contributed by atoms with E-state index in [-0.39, 0.29) is 16.6 Å². The molecule has 0 amide bonds. The normalized spacial score (nSPS) is 12.9. The van der Waals surface area contributed by atoms with Gasteiger partial charge in [0.15, 0.2) is 0 Å². The second kappa shape index (κ2) is 18.5. The molecular formula is C43H64O8. The lowest BCUT2D eigenvalue weighted by Crippen LogP contribution is -2.50. The second-order valence-electron chi connectivity index (χ2n) is 16.2. The Hall–Kier alpha value is -3.30. The molecule has 0 spiro atoms. The second-order valence-corrected chi connectivity index (χ2v) is 16.2. The van der Waals surface area contributed by atoms with Gasteiger partial charge in [-0.05, 0) is 129 Å². The first-order chi connectivity index (χ1) is 23.8. The van der Waals surface area contributed by atoms with Gasteiger partial charge in [0.2, 0.25) is 0 Å². The number of rotatable bonds is 21. The predicted octanol–water partition coefficient (Wildman–Crippen LogP) is 9.45. The van der Waals surface area contributed by atoms with Crippen molar-refractivity contribution in [1.82, 2.24) is 0 Å². The van der Waals surface area contributed by atoms with Crippen LogP contribution in [0.5, 0.6) is 23.0 Å². The monoisotopic (exact) mass is 708 g/mol. The first kappa shape index (κ1) is 42.1. The Morgan fingerprint density at radius 3 is 0.804 bits per heavy atom. The summed E-state index contributed by atoms with van der Waals surface area (Å²) in [5.74, 6) is 3.19. The lowest BCUT2D eigenvalue weighted by molar-refractivity contribution is -0.180. The van der Waals surface area contributed by atoms with E-state index < -0.39 is 11.2 Å². The Labute approximate surface area is 308 Å². The van der Waals surface area contributed by atoms with Crippen LogP contribution in [0.15, 0.2) is 72.8 Å². The van der Waals surface area contributed by atoms with Crippen LogP contribution in [0.4, 0.5) is 0 Å². The molecule has 0 N–H and O–H groups in total. The molecule has 0 saturated heterocycles. The largest absolute Gasteiger partial charge is 0.491 e. The van der Waals surface area contributed by atoms with Gasteiger partial charge in [0.25, 0.3) is 0 Å². The number of hydrogen-bond donors (Lipinski definition) is 0. The van der Waals surface area contributed by atoms with Crippen LogP contribution in [0, 0.1) is 0 Å². The van der Waals surface area contributed by atoms with Crippen molar-refractivity contribution in [2.75, 3.05) is 52.9 Å². The Balaban J connectivity index is 1.36. The van der Waals surface area contributed by atoms with E-state index in [4.69, 9.17) is 37.9 Å². The minimum absolute atomic E-state index is 0.165. The topological polar surface area (TPSA) is 73.8 Å². The van der Waals surface area contributed by atoms with E-state index in [1.807, 2.05) is 118 Å². The molecule has 0 aliphatic carbocycles. The molecule has 0 saturated carbocycles. The van der Waals surface area contributed by atoms with Crippen molar-refractivity contribution in [3.8, 4) is 23.0 Å². The average Bonchev–Trinajstić information content (AvgIpc) is 3.05. The van der Waals surface area contributed by atoms with Gasteiger partial charge in [-0.15, -0.1) is 0 Å². The third-order valence-corrected chi connectivity index (χ3v) is 8.83.